The van der Waals surface area contributed by atoms with E-state index in [4.69, 9.17) is 16.3 Å². The molecule has 3 nitrogen and oxygen atoms in total. The van der Waals surface area contributed by atoms with Crippen LogP contribution in [-0.2, 0) is 11.2 Å². The number of ether oxygens (including phenoxy) is 1. The quantitative estimate of drug-likeness (QED) is 0.767. The first-order valence-corrected chi connectivity index (χ1v) is 6.66. The Kier molecular flexibility index (Phi) is 3.94. The second-order valence-corrected chi connectivity index (χ2v) is 5.36. The first-order chi connectivity index (χ1) is 7.31. The van der Waals surface area contributed by atoms with Crippen molar-refractivity contribution in [2.75, 3.05) is 12.5 Å². The second-order valence-electron chi connectivity index (χ2n) is 3.88. The van der Waals surface area contributed by atoms with Crippen LogP contribution in [0.2, 0.25) is 0 Å². The Labute approximate surface area is 98.8 Å². The number of nitrogens with zero attached hydrogens (tertiary/aromatic N) is 2. The van der Waals surface area contributed by atoms with Crippen LogP contribution in [0.15, 0.2) is 0 Å². The molecule has 15 heavy (non-hydrogen) atoms. The molecule has 0 amide bonds. The minimum absolute atomic E-state index is 0.173. The minimum atomic E-state index is 0.173. The van der Waals surface area contributed by atoms with Crippen molar-refractivity contribution in [1.29, 1.82) is 0 Å². The van der Waals surface area contributed by atoms with E-state index in [-0.39, 0.29) is 6.10 Å². The van der Waals surface area contributed by atoms with Crippen molar-refractivity contribution in [3.8, 4) is 0 Å². The molecule has 1 fully saturated rings. The summed E-state index contributed by atoms with van der Waals surface area (Å²) in [7, 11) is 0. The molecule has 1 aliphatic rings. The van der Waals surface area contributed by atoms with E-state index in [1.807, 2.05) is 0 Å². The summed E-state index contributed by atoms with van der Waals surface area (Å²) in [6.45, 7) is 3.06. The lowest BCUT2D eigenvalue weighted by atomic mass is 10.1. The third kappa shape index (κ3) is 2.68. The lowest BCUT2D eigenvalue weighted by molar-refractivity contribution is 0.0937. The Hall–Kier alpha value is -0.190. The highest BCUT2D eigenvalue weighted by Gasteiger charge is 2.28. The predicted molar refractivity (Wildman–Crippen MR) is 61.4 cm³/mol. The fourth-order valence-corrected chi connectivity index (χ4v) is 2.91. The molecular weight excluding hydrogens is 232 g/mol. The fraction of sp³-hybridized carbons (Fsp3) is 0.800. The van der Waals surface area contributed by atoms with Gasteiger partial charge in [0, 0.05) is 18.9 Å². The Morgan fingerprint density at radius 2 is 2.40 bits per heavy atom. The lowest BCUT2D eigenvalue weighted by Crippen LogP contribution is -2.02. The number of halogens is 1. The second kappa shape index (κ2) is 5.23. The predicted octanol–water partition coefficient (Wildman–Crippen LogP) is 2.81. The molecule has 84 valence electrons. The summed E-state index contributed by atoms with van der Waals surface area (Å²) in [5.41, 5.74) is 0. The summed E-state index contributed by atoms with van der Waals surface area (Å²) in [5.74, 6) is 1.25. The van der Waals surface area contributed by atoms with E-state index in [9.17, 15) is 0 Å². The molecule has 0 spiro atoms. The van der Waals surface area contributed by atoms with E-state index >= 15 is 0 Å². The van der Waals surface area contributed by atoms with Gasteiger partial charge in [-0.15, -0.1) is 21.8 Å². The van der Waals surface area contributed by atoms with Crippen LogP contribution in [0.4, 0.5) is 0 Å². The van der Waals surface area contributed by atoms with Gasteiger partial charge < -0.3 is 4.74 Å². The summed E-state index contributed by atoms with van der Waals surface area (Å²) < 4.78 is 5.65. The number of aryl methyl sites for hydroxylation is 1. The molecule has 0 aliphatic carbocycles. The molecule has 1 aromatic rings. The highest BCUT2D eigenvalue weighted by atomic mass is 35.5. The molecule has 0 bridgehead atoms. The number of aromatic nitrogens is 2. The molecule has 0 saturated carbocycles. The minimum Gasteiger partial charge on any atom is -0.371 e. The van der Waals surface area contributed by atoms with Crippen LogP contribution in [0.5, 0.6) is 0 Å². The van der Waals surface area contributed by atoms with Crippen LogP contribution < -0.4 is 0 Å². The Bertz CT molecular complexity index is 318. The molecule has 2 heterocycles. The van der Waals surface area contributed by atoms with E-state index < -0.39 is 0 Å². The summed E-state index contributed by atoms with van der Waals surface area (Å²) in [4.78, 5) is 0. The Balaban J connectivity index is 1.99. The van der Waals surface area contributed by atoms with Crippen LogP contribution >= 0.6 is 22.9 Å². The number of rotatable bonds is 4. The van der Waals surface area contributed by atoms with Gasteiger partial charge in [-0.2, -0.15) is 0 Å². The molecule has 1 aromatic heterocycles. The highest BCUT2D eigenvalue weighted by Crippen LogP contribution is 2.35. The maximum Gasteiger partial charge on any atom is 0.146 e. The largest absolute Gasteiger partial charge is 0.371 e. The third-order valence-corrected chi connectivity index (χ3v) is 3.95. The van der Waals surface area contributed by atoms with Crippen molar-refractivity contribution in [3.05, 3.63) is 10.0 Å². The first kappa shape index (κ1) is 11.3. The van der Waals surface area contributed by atoms with E-state index in [1.165, 1.54) is 0 Å². The normalized spacial score (nSPS) is 26.0. The van der Waals surface area contributed by atoms with Crippen LogP contribution in [0.25, 0.3) is 0 Å². The van der Waals surface area contributed by atoms with Gasteiger partial charge in [0.25, 0.3) is 0 Å². The fourth-order valence-electron chi connectivity index (χ4n) is 1.71. The molecule has 1 aliphatic heterocycles. The van der Waals surface area contributed by atoms with Gasteiger partial charge >= 0.3 is 0 Å². The smallest absolute Gasteiger partial charge is 0.146 e. The summed E-state index contributed by atoms with van der Waals surface area (Å²) in [5, 5.41) is 10.5. The zero-order chi connectivity index (χ0) is 10.7. The van der Waals surface area contributed by atoms with Crippen LogP contribution in [0.1, 0.15) is 35.9 Å². The standard InChI is InChI=1S/C10H15ClN2OS/c1-7-4-6-14-9(7)10-13-12-8(15-10)3-2-5-11/h7,9H,2-6H2,1H3. The van der Waals surface area contributed by atoms with Crippen LogP contribution in [0, 0.1) is 5.92 Å². The van der Waals surface area contributed by atoms with Gasteiger partial charge in [0.15, 0.2) is 0 Å². The van der Waals surface area contributed by atoms with Crippen LogP contribution in [-0.4, -0.2) is 22.7 Å². The molecule has 2 unspecified atom stereocenters. The van der Waals surface area contributed by atoms with Crippen molar-refractivity contribution < 1.29 is 4.74 Å². The maximum atomic E-state index is 5.65. The van der Waals surface area contributed by atoms with Gasteiger partial charge in [-0.05, 0) is 18.8 Å². The number of alkyl halides is 1. The van der Waals surface area contributed by atoms with Gasteiger partial charge in [-0.25, -0.2) is 0 Å². The average molecular weight is 247 g/mol. The van der Waals surface area contributed by atoms with Gasteiger partial charge in [-0.1, -0.05) is 18.3 Å². The summed E-state index contributed by atoms with van der Waals surface area (Å²) >= 11 is 7.31. The third-order valence-electron chi connectivity index (χ3n) is 2.64. The van der Waals surface area contributed by atoms with E-state index in [1.54, 1.807) is 11.3 Å². The van der Waals surface area contributed by atoms with E-state index in [0.29, 0.717) is 11.8 Å². The number of hydrogen-bond donors (Lipinski definition) is 0. The van der Waals surface area contributed by atoms with Crippen molar-refractivity contribution in [2.45, 2.75) is 32.3 Å². The summed E-state index contributed by atoms with van der Waals surface area (Å²) in [6.07, 6.45) is 3.20. The molecular formula is C10H15ClN2OS. The average Bonchev–Trinajstić information content (AvgIpc) is 2.83. The Morgan fingerprint density at radius 1 is 1.53 bits per heavy atom. The SMILES string of the molecule is CC1CCOC1c1nnc(CCCCl)s1. The van der Waals surface area contributed by atoms with Gasteiger partial charge in [0.05, 0.1) is 0 Å². The molecule has 0 N–H and O–H groups in total. The molecule has 1 saturated heterocycles. The van der Waals surface area contributed by atoms with Gasteiger partial charge in [0.2, 0.25) is 0 Å². The lowest BCUT2D eigenvalue weighted by Gasteiger charge is -2.09. The molecule has 0 aromatic carbocycles. The topological polar surface area (TPSA) is 35.0 Å². The van der Waals surface area contributed by atoms with Gasteiger partial charge in [0.1, 0.15) is 16.1 Å². The Morgan fingerprint density at radius 3 is 3.07 bits per heavy atom. The highest BCUT2D eigenvalue weighted by molar-refractivity contribution is 7.11. The van der Waals surface area contributed by atoms with E-state index in [0.717, 1.165) is 35.9 Å². The zero-order valence-corrected chi connectivity index (χ0v) is 10.4. The first-order valence-electron chi connectivity index (χ1n) is 5.31. The van der Waals surface area contributed by atoms with E-state index in [2.05, 4.69) is 17.1 Å². The number of hydrogen-bond acceptors (Lipinski definition) is 4. The molecule has 2 rings (SSSR count). The van der Waals surface area contributed by atoms with Crippen molar-refractivity contribution in [3.63, 3.8) is 0 Å². The van der Waals surface area contributed by atoms with Crippen LogP contribution in [0.3, 0.4) is 0 Å². The molecule has 0 radical (unpaired) electrons. The maximum absolute atomic E-state index is 5.65. The van der Waals surface area contributed by atoms with Crippen molar-refractivity contribution >= 4 is 22.9 Å². The zero-order valence-electron chi connectivity index (χ0n) is 8.78. The molecule has 5 heteroatoms. The van der Waals surface area contributed by atoms with Crippen molar-refractivity contribution in [2.24, 2.45) is 5.92 Å². The molecule has 2 atom stereocenters. The monoisotopic (exact) mass is 246 g/mol. The van der Waals surface area contributed by atoms with Crippen molar-refractivity contribution in [1.82, 2.24) is 10.2 Å². The summed E-state index contributed by atoms with van der Waals surface area (Å²) in [6, 6.07) is 0. The van der Waals surface area contributed by atoms with Gasteiger partial charge in [-0.3, -0.25) is 0 Å².